The SMILES string of the molecule is Cc1c(Cl)cc(S(N)(=O)=O)cc1C(=O)N(C)CC(F)(F)F. The van der Waals surface area contributed by atoms with E-state index in [0.29, 0.717) is 4.90 Å². The maximum absolute atomic E-state index is 12.3. The van der Waals surface area contributed by atoms with Gasteiger partial charge in [0, 0.05) is 17.6 Å². The van der Waals surface area contributed by atoms with Crippen LogP contribution < -0.4 is 5.14 Å². The van der Waals surface area contributed by atoms with Crippen LogP contribution in [0.25, 0.3) is 0 Å². The third-order valence-electron chi connectivity index (χ3n) is 2.64. The molecule has 1 aromatic rings. The first-order valence-corrected chi connectivity index (χ1v) is 7.40. The normalized spacial score (nSPS) is 12.3. The molecule has 1 rings (SSSR count). The van der Waals surface area contributed by atoms with E-state index >= 15 is 0 Å². The summed E-state index contributed by atoms with van der Waals surface area (Å²) in [5.74, 6) is -1.00. The van der Waals surface area contributed by atoms with Crippen LogP contribution in [0.4, 0.5) is 13.2 Å². The van der Waals surface area contributed by atoms with Gasteiger partial charge in [0.25, 0.3) is 5.91 Å². The quantitative estimate of drug-likeness (QED) is 0.909. The van der Waals surface area contributed by atoms with Gasteiger partial charge in [-0.2, -0.15) is 13.2 Å². The zero-order valence-electron chi connectivity index (χ0n) is 11.0. The molecule has 0 spiro atoms. The molecule has 0 saturated heterocycles. The van der Waals surface area contributed by atoms with Crippen molar-refractivity contribution in [3.05, 3.63) is 28.3 Å². The van der Waals surface area contributed by atoms with Crippen molar-refractivity contribution in [2.24, 2.45) is 5.14 Å². The van der Waals surface area contributed by atoms with Crippen LogP contribution in [0.3, 0.4) is 0 Å². The third-order valence-corrected chi connectivity index (χ3v) is 3.93. The van der Waals surface area contributed by atoms with Gasteiger partial charge in [-0.15, -0.1) is 0 Å². The number of hydrogen-bond acceptors (Lipinski definition) is 3. The predicted octanol–water partition coefficient (Wildman–Crippen LogP) is 1.93. The van der Waals surface area contributed by atoms with E-state index in [1.165, 1.54) is 6.92 Å². The van der Waals surface area contributed by atoms with Gasteiger partial charge >= 0.3 is 6.18 Å². The van der Waals surface area contributed by atoms with Crippen LogP contribution in [0.1, 0.15) is 15.9 Å². The summed E-state index contributed by atoms with van der Waals surface area (Å²) in [6, 6.07) is 1.94. The van der Waals surface area contributed by atoms with Gasteiger partial charge in [-0.1, -0.05) is 11.6 Å². The van der Waals surface area contributed by atoms with E-state index in [4.69, 9.17) is 16.7 Å². The number of alkyl halides is 3. The first-order valence-electron chi connectivity index (χ1n) is 5.48. The minimum atomic E-state index is -4.57. The summed E-state index contributed by atoms with van der Waals surface area (Å²) >= 11 is 5.79. The van der Waals surface area contributed by atoms with Crippen molar-refractivity contribution in [3.8, 4) is 0 Å². The summed E-state index contributed by atoms with van der Waals surface area (Å²) in [5, 5.41) is 4.85. The number of carbonyl (C=O) groups excluding carboxylic acids is 1. The van der Waals surface area contributed by atoms with E-state index in [9.17, 15) is 26.4 Å². The second-order valence-electron chi connectivity index (χ2n) is 4.40. The molecule has 0 aliphatic carbocycles. The summed E-state index contributed by atoms with van der Waals surface area (Å²) in [7, 11) is -3.19. The van der Waals surface area contributed by atoms with E-state index in [-0.39, 0.29) is 16.1 Å². The zero-order valence-corrected chi connectivity index (χ0v) is 12.6. The minimum absolute atomic E-state index is 0.0784. The second kappa shape index (κ2) is 5.82. The van der Waals surface area contributed by atoms with E-state index in [1.54, 1.807) is 0 Å². The molecule has 0 aliphatic rings. The molecule has 0 bridgehead atoms. The molecule has 0 fully saturated rings. The molecule has 1 amide bonds. The maximum atomic E-state index is 12.3. The molecule has 0 heterocycles. The van der Waals surface area contributed by atoms with Crippen molar-refractivity contribution in [3.63, 3.8) is 0 Å². The number of sulfonamides is 1. The van der Waals surface area contributed by atoms with Crippen molar-refractivity contribution in [1.82, 2.24) is 4.90 Å². The van der Waals surface area contributed by atoms with Crippen LogP contribution >= 0.6 is 11.6 Å². The van der Waals surface area contributed by atoms with Gasteiger partial charge in [0.05, 0.1) is 4.90 Å². The number of primary sulfonamides is 1. The highest BCUT2D eigenvalue weighted by Crippen LogP contribution is 2.25. The first-order chi connectivity index (χ1) is 9.33. The number of rotatable bonds is 3. The van der Waals surface area contributed by atoms with Gasteiger partial charge in [0.2, 0.25) is 10.0 Å². The summed E-state index contributed by atoms with van der Waals surface area (Å²) < 4.78 is 59.5. The molecule has 0 saturated carbocycles. The molecule has 118 valence electrons. The first kappa shape index (κ1) is 17.7. The lowest BCUT2D eigenvalue weighted by Gasteiger charge is -2.20. The number of hydrogen-bond donors (Lipinski definition) is 1. The molecule has 10 heteroatoms. The molecule has 0 unspecified atom stereocenters. The van der Waals surface area contributed by atoms with Gasteiger partial charge < -0.3 is 4.90 Å². The Morgan fingerprint density at radius 2 is 1.90 bits per heavy atom. The van der Waals surface area contributed by atoms with E-state index in [1.807, 2.05) is 0 Å². The molecule has 0 aromatic heterocycles. The van der Waals surface area contributed by atoms with Crippen LogP contribution in [0.5, 0.6) is 0 Å². The maximum Gasteiger partial charge on any atom is 0.406 e. The van der Waals surface area contributed by atoms with Crippen molar-refractivity contribution < 1.29 is 26.4 Å². The number of benzene rings is 1. The smallest absolute Gasteiger partial charge is 0.333 e. The second-order valence-corrected chi connectivity index (χ2v) is 6.37. The lowest BCUT2D eigenvalue weighted by Crippen LogP contribution is -2.36. The molecule has 0 atom stereocenters. The van der Waals surface area contributed by atoms with Crippen LogP contribution in [-0.4, -0.2) is 39.0 Å². The molecular formula is C11H12ClF3N2O3S. The van der Waals surface area contributed by atoms with Crippen LogP contribution in [0, 0.1) is 6.92 Å². The Morgan fingerprint density at radius 1 is 1.38 bits per heavy atom. The van der Waals surface area contributed by atoms with Crippen LogP contribution in [0.15, 0.2) is 17.0 Å². The standard InChI is InChI=1S/C11H12ClF3N2O3S/c1-6-8(10(18)17(2)5-11(13,14)15)3-7(4-9(6)12)21(16,19)20/h3-4H,5H2,1-2H3,(H2,16,19,20). The Kier molecular flexibility index (Phi) is 4.91. The highest BCUT2D eigenvalue weighted by atomic mass is 35.5. The van der Waals surface area contributed by atoms with Crippen molar-refractivity contribution in [1.29, 1.82) is 0 Å². The average molecular weight is 345 g/mol. The summed E-state index contributed by atoms with van der Waals surface area (Å²) in [6.07, 6.45) is -4.57. The monoisotopic (exact) mass is 344 g/mol. The van der Waals surface area contributed by atoms with Crippen molar-refractivity contribution in [2.45, 2.75) is 18.0 Å². The Labute approximate surface area is 124 Å². The zero-order chi connectivity index (χ0) is 16.6. The largest absolute Gasteiger partial charge is 0.406 e. The highest BCUT2D eigenvalue weighted by Gasteiger charge is 2.32. The predicted molar refractivity (Wildman–Crippen MR) is 70.6 cm³/mol. The lowest BCUT2D eigenvalue weighted by molar-refractivity contribution is -0.138. The third kappa shape index (κ3) is 4.58. The Balaban J connectivity index is 3.30. The van der Waals surface area contributed by atoms with E-state index in [2.05, 4.69) is 0 Å². The van der Waals surface area contributed by atoms with Gasteiger partial charge in [-0.05, 0) is 24.6 Å². The van der Waals surface area contributed by atoms with E-state index < -0.39 is 33.5 Å². The molecule has 0 aliphatic heterocycles. The van der Waals surface area contributed by atoms with Gasteiger partial charge in [0.15, 0.2) is 0 Å². The van der Waals surface area contributed by atoms with Crippen LogP contribution in [-0.2, 0) is 10.0 Å². The Hall–Kier alpha value is -1.32. The fraction of sp³-hybridized carbons (Fsp3) is 0.364. The number of amides is 1. The fourth-order valence-corrected chi connectivity index (χ4v) is 2.44. The lowest BCUT2D eigenvalue weighted by atomic mass is 10.1. The number of halogens is 4. The molecular weight excluding hydrogens is 333 g/mol. The molecule has 21 heavy (non-hydrogen) atoms. The topological polar surface area (TPSA) is 80.5 Å². The van der Waals surface area contributed by atoms with E-state index in [0.717, 1.165) is 19.2 Å². The fourth-order valence-electron chi connectivity index (χ4n) is 1.59. The van der Waals surface area contributed by atoms with Gasteiger partial charge in [0.1, 0.15) is 6.54 Å². The molecule has 1 aromatic carbocycles. The Bertz CT molecular complexity index is 674. The minimum Gasteiger partial charge on any atom is -0.333 e. The number of carbonyl (C=O) groups is 1. The summed E-state index contributed by atoms with van der Waals surface area (Å²) in [5.41, 5.74) is -0.0821. The molecule has 0 radical (unpaired) electrons. The van der Waals surface area contributed by atoms with Gasteiger partial charge in [-0.3, -0.25) is 4.79 Å². The Morgan fingerprint density at radius 3 is 2.33 bits per heavy atom. The van der Waals surface area contributed by atoms with Crippen molar-refractivity contribution in [2.75, 3.05) is 13.6 Å². The number of nitrogens with zero attached hydrogens (tertiary/aromatic N) is 1. The van der Waals surface area contributed by atoms with Crippen LogP contribution in [0.2, 0.25) is 5.02 Å². The van der Waals surface area contributed by atoms with Crippen molar-refractivity contribution >= 4 is 27.5 Å². The average Bonchev–Trinajstić information content (AvgIpc) is 2.27. The number of nitrogens with two attached hydrogens (primary N) is 1. The molecule has 5 nitrogen and oxygen atoms in total. The molecule has 2 N–H and O–H groups in total. The highest BCUT2D eigenvalue weighted by molar-refractivity contribution is 7.89. The summed E-state index contributed by atoms with van der Waals surface area (Å²) in [6.45, 7) is -0.0770. The summed E-state index contributed by atoms with van der Waals surface area (Å²) in [4.78, 5) is 12.0. The van der Waals surface area contributed by atoms with Gasteiger partial charge in [-0.25, -0.2) is 13.6 Å².